The maximum Gasteiger partial charge on any atom is 0.328 e. The minimum absolute atomic E-state index is 0.431. The van der Waals surface area contributed by atoms with E-state index in [1.165, 1.54) is 19.3 Å². The van der Waals surface area contributed by atoms with Gasteiger partial charge in [0.05, 0.1) is 0 Å². The second-order valence-corrected chi connectivity index (χ2v) is 4.14. The van der Waals surface area contributed by atoms with E-state index in [2.05, 4.69) is 19.0 Å². The van der Waals surface area contributed by atoms with E-state index in [4.69, 9.17) is 15.9 Å². The van der Waals surface area contributed by atoms with Crippen LogP contribution in [0.15, 0.2) is 12.2 Å². The van der Waals surface area contributed by atoms with Crippen molar-refractivity contribution in [2.24, 2.45) is 5.73 Å². The standard InChI is InChI=1S/C7H16N2.C4H4O4/c1-9(2)7-5-3-4-6(7)8;5-3(6)1-2-4(7)8/h6-7H,3-5,8H2,1-2H3;1-2H,(H,5,6)(H,7,8). The second kappa shape index (κ2) is 7.81. The lowest BCUT2D eigenvalue weighted by molar-refractivity contribution is -0.134. The van der Waals surface area contributed by atoms with Crippen LogP contribution in [0.4, 0.5) is 0 Å². The Morgan fingerprint density at radius 1 is 1.18 bits per heavy atom. The first-order valence-corrected chi connectivity index (χ1v) is 5.40. The molecular weight excluding hydrogens is 224 g/mol. The van der Waals surface area contributed by atoms with Crippen LogP contribution in [-0.4, -0.2) is 53.2 Å². The molecule has 0 aliphatic heterocycles. The van der Waals surface area contributed by atoms with Crippen LogP contribution in [0.5, 0.6) is 0 Å². The van der Waals surface area contributed by atoms with Crippen LogP contribution in [0.2, 0.25) is 0 Å². The zero-order chi connectivity index (χ0) is 13.4. The number of hydrogen-bond donors (Lipinski definition) is 3. The van der Waals surface area contributed by atoms with Crippen molar-refractivity contribution in [3.63, 3.8) is 0 Å². The van der Waals surface area contributed by atoms with E-state index in [9.17, 15) is 9.59 Å². The molecule has 0 aromatic carbocycles. The van der Waals surface area contributed by atoms with Crippen molar-refractivity contribution in [2.75, 3.05) is 14.1 Å². The fourth-order valence-corrected chi connectivity index (χ4v) is 1.75. The third-order valence-corrected chi connectivity index (χ3v) is 2.56. The van der Waals surface area contributed by atoms with Gasteiger partial charge >= 0.3 is 11.9 Å². The number of likely N-dealkylation sites (N-methyl/N-ethyl adjacent to an activating group) is 1. The van der Waals surface area contributed by atoms with Gasteiger partial charge in [-0.3, -0.25) is 0 Å². The van der Waals surface area contributed by atoms with Crippen LogP contribution < -0.4 is 5.73 Å². The summed E-state index contributed by atoms with van der Waals surface area (Å²) in [7, 11) is 4.21. The Hall–Kier alpha value is -1.40. The van der Waals surface area contributed by atoms with Gasteiger partial charge in [-0.1, -0.05) is 6.42 Å². The molecule has 0 heterocycles. The largest absolute Gasteiger partial charge is 0.478 e. The molecule has 0 amide bonds. The van der Waals surface area contributed by atoms with Crippen molar-refractivity contribution >= 4 is 11.9 Å². The van der Waals surface area contributed by atoms with E-state index in [0.717, 1.165) is 0 Å². The molecule has 0 saturated heterocycles. The van der Waals surface area contributed by atoms with Gasteiger partial charge in [0.15, 0.2) is 0 Å². The van der Waals surface area contributed by atoms with Crippen LogP contribution in [0.3, 0.4) is 0 Å². The molecule has 2 atom stereocenters. The SMILES string of the molecule is CN(C)C1CCCC1N.O=C(O)C=CC(=O)O. The fraction of sp³-hybridized carbons (Fsp3) is 0.636. The molecule has 0 aromatic rings. The molecule has 4 N–H and O–H groups in total. The summed E-state index contributed by atoms with van der Waals surface area (Å²) < 4.78 is 0. The molecule has 0 aromatic heterocycles. The summed E-state index contributed by atoms with van der Waals surface area (Å²) in [5, 5.41) is 15.6. The average molecular weight is 244 g/mol. The number of nitrogens with two attached hydrogens (primary N) is 1. The number of carboxylic acids is 2. The normalized spacial score (nSPS) is 23.5. The molecule has 17 heavy (non-hydrogen) atoms. The highest BCUT2D eigenvalue weighted by atomic mass is 16.4. The lowest BCUT2D eigenvalue weighted by atomic mass is 10.2. The molecule has 6 heteroatoms. The monoisotopic (exact) mass is 244 g/mol. The Kier molecular flexibility index (Phi) is 7.16. The van der Waals surface area contributed by atoms with Gasteiger partial charge < -0.3 is 20.8 Å². The third kappa shape index (κ3) is 7.48. The zero-order valence-corrected chi connectivity index (χ0v) is 10.2. The van der Waals surface area contributed by atoms with Gasteiger partial charge in [-0.25, -0.2) is 9.59 Å². The van der Waals surface area contributed by atoms with Gasteiger partial charge in [-0.2, -0.15) is 0 Å². The smallest absolute Gasteiger partial charge is 0.328 e. The first-order valence-electron chi connectivity index (χ1n) is 5.40. The van der Waals surface area contributed by atoms with Crippen molar-refractivity contribution in [3.05, 3.63) is 12.2 Å². The lowest BCUT2D eigenvalue weighted by Gasteiger charge is -2.22. The molecule has 0 spiro atoms. The molecular formula is C11H20N2O4. The molecule has 1 aliphatic rings. The van der Waals surface area contributed by atoms with E-state index in [1.54, 1.807) is 0 Å². The summed E-state index contributed by atoms with van der Waals surface area (Å²) in [6.07, 6.45) is 4.92. The van der Waals surface area contributed by atoms with Gasteiger partial charge in [0.2, 0.25) is 0 Å². The Bertz CT molecular complexity index is 273. The van der Waals surface area contributed by atoms with E-state index < -0.39 is 11.9 Å². The molecule has 6 nitrogen and oxygen atoms in total. The van der Waals surface area contributed by atoms with Crippen LogP contribution in [0.1, 0.15) is 19.3 Å². The quantitative estimate of drug-likeness (QED) is 0.610. The molecule has 98 valence electrons. The summed E-state index contributed by atoms with van der Waals surface area (Å²) in [4.78, 5) is 21.3. The number of carbonyl (C=O) groups is 2. The number of nitrogens with zero attached hydrogens (tertiary/aromatic N) is 1. The van der Waals surface area contributed by atoms with Crippen molar-refractivity contribution in [3.8, 4) is 0 Å². The lowest BCUT2D eigenvalue weighted by Crippen LogP contribution is -2.39. The third-order valence-electron chi connectivity index (χ3n) is 2.56. The van der Waals surface area contributed by atoms with E-state index in [0.29, 0.717) is 24.2 Å². The summed E-state index contributed by atoms with van der Waals surface area (Å²) in [6, 6.07) is 1.07. The van der Waals surface area contributed by atoms with Crippen molar-refractivity contribution in [1.82, 2.24) is 4.90 Å². The highest BCUT2D eigenvalue weighted by Gasteiger charge is 2.24. The minimum Gasteiger partial charge on any atom is -0.478 e. The first kappa shape index (κ1) is 15.6. The Morgan fingerprint density at radius 3 is 1.82 bits per heavy atom. The number of carboxylic acid groups (broad SMARTS) is 2. The van der Waals surface area contributed by atoms with Gasteiger partial charge in [0.1, 0.15) is 0 Å². The highest BCUT2D eigenvalue weighted by Crippen LogP contribution is 2.20. The van der Waals surface area contributed by atoms with Crippen molar-refractivity contribution in [1.29, 1.82) is 0 Å². The fourth-order valence-electron chi connectivity index (χ4n) is 1.75. The predicted octanol–water partition coefficient (Wildman–Crippen LogP) is 0.140. The summed E-state index contributed by atoms with van der Waals surface area (Å²) in [5.74, 6) is -2.51. The predicted molar refractivity (Wildman–Crippen MR) is 63.7 cm³/mol. The number of rotatable bonds is 3. The summed E-state index contributed by atoms with van der Waals surface area (Å²) in [5.41, 5.74) is 5.84. The Balaban J connectivity index is 0.000000304. The van der Waals surface area contributed by atoms with Gasteiger partial charge in [-0.05, 0) is 26.9 Å². The molecule has 1 aliphatic carbocycles. The topological polar surface area (TPSA) is 104 Å². The molecule has 0 bridgehead atoms. The van der Waals surface area contributed by atoms with E-state index in [1.807, 2.05) is 0 Å². The highest BCUT2D eigenvalue weighted by molar-refractivity contribution is 5.89. The summed E-state index contributed by atoms with van der Waals surface area (Å²) >= 11 is 0. The van der Waals surface area contributed by atoms with Gasteiger partial charge in [-0.15, -0.1) is 0 Å². The van der Waals surface area contributed by atoms with E-state index >= 15 is 0 Å². The van der Waals surface area contributed by atoms with Crippen molar-refractivity contribution < 1.29 is 19.8 Å². The first-order chi connectivity index (χ1) is 7.84. The average Bonchev–Trinajstić information content (AvgIpc) is 2.62. The number of aliphatic carboxylic acids is 2. The summed E-state index contributed by atoms with van der Waals surface area (Å²) in [6.45, 7) is 0. The van der Waals surface area contributed by atoms with Gasteiger partial charge in [0, 0.05) is 24.2 Å². The van der Waals surface area contributed by atoms with Crippen molar-refractivity contribution in [2.45, 2.75) is 31.3 Å². The van der Waals surface area contributed by atoms with E-state index in [-0.39, 0.29) is 0 Å². The molecule has 1 rings (SSSR count). The minimum atomic E-state index is -1.26. The van der Waals surface area contributed by atoms with Crippen LogP contribution in [0.25, 0.3) is 0 Å². The second-order valence-electron chi connectivity index (χ2n) is 4.14. The molecule has 1 fully saturated rings. The van der Waals surface area contributed by atoms with Crippen LogP contribution >= 0.6 is 0 Å². The van der Waals surface area contributed by atoms with Crippen LogP contribution in [0, 0.1) is 0 Å². The van der Waals surface area contributed by atoms with Crippen LogP contribution in [-0.2, 0) is 9.59 Å². The zero-order valence-electron chi connectivity index (χ0n) is 10.2. The Labute approximate surface area is 101 Å². The molecule has 0 radical (unpaired) electrons. The maximum absolute atomic E-state index is 9.55. The Morgan fingerprint density at radius 2 is 1.65 bits per heavy atom. The molecule has 1 saturated carbocycles. The number of hydrogen-bond acceptors (Lipinski definition) is 4. The maximum atomic E-state index is 9.55. The van der Waals surface area contributed by atoms with Gasteiger partial charge in [0.25, 0.3) is 0 Å². The molecule has 2 unspecified atom stereocenters.